The Hall–Kier alpha value is -3.10. The van der Waals surface area contributed by atoms with E-state index >= 15 is 0 Å². The number of hydrogen-bond acceptors (Lipinski definition) is 6. The fraction of sp³-hybridized carbons (Fsp3) is 0.158. The maximum absolute atomic E-state index is 12.5. The van der Waals surface area contributed by atoms with Crippen LogP contribution in [0.3, 0.4) is 0 Å². The lowest BCUT2D eigenvalue weighted by Gasteiger charge is -2.09. The zero-order valence-corrected chi connectivity index (χ0v) is 14.5. The van der Waals surface area contributed by atoms with E-state index in [-0.39, 0.29) is 12.3 Å². The molecule has 2 aromatic carbocycles. The van der Waals surface area contributed by atoms with Crippen LogP contribution in [-0.2, 0) is 22.5 Å². The van der Waals surface area contributed by atoms with E-state index in [2.05, 4.69) is 5.32 Å². The number of carbonyl (C=O) groups excluding carboxylic acids is 1. The molecule has 2 N–H and O–H groups in total. The molecule has 7 nitrogen and oxygen atoms in total. The average Bonchev–Trinajstić information content (AvgIpc) is 3.01. The van der Waals surface area contributed by atoms with Crippen molar-refractivity contribution in [1.29, 1.82) is 0 Å². The number of benzene rings is 2. The van der Waals surface area contributed by atoms with Crippen LogP contribution in [0.2, 0.25) is 0 Å². The highest BCUT2D eigenvalue weighted by atomic mass is 16.5. The molecule has 1 amide bonds. The van der Waals surface area contributed by atoms with Gasteiger partial charge in [-0.25, -0.2) is 4.79 Å². The van der Waals surface area contributed by atoms with Crippen LogP contribution in [0, 0.1) is 0 Å². The summed E-state index contributed by atoms with van der Waals surface area (Å²) in [5.41, 5.74) is 2.48. The van der Waals surface area contributed by atoms with Gasteiger partial charge in [0.1, 0.15) is 11.3 Å². The molecule has 8 heteroatoms. The van der Waals surface area contributed by atoms with Gasteiger partial charge in [0, 0.05) is 23.2 Å². The van der Waals surface area contributed by atoms with Gasteiger partial charge in [-0.15, -0.1) is 0 Å². The molecule has 0 atom stereocenters. The third kappa shape index (κ3) is 3.44. The summed E-state index contributed by atoms with van der Waals surface area (Å²) in [5, 5.41) is 13.2. The summed E-state index contributed by atoms with van der Waals surface area (Å²) in [6.45, 7) is 0.347. The third-order valence-corrected chi connectivity index (χ3v) is 4.48. The quantitative estimate of drug-likeness (QED) is 0.533. The van der Waals surface area contributed by atoms with Gasteiger partial charge in [0.15, 0.2) is 0 Å². The Bertz CT molecular complexity index is 1090. The largest absolute Gasteiger partial charge is 0.497 e. The molecule has 1 aliphatic heterocycles. The molecule has 0 spiro atoms. The van der Waals surface area contributed by atoms with E-state index < -0.39 is 12.7 Å². The van der Waals surface area contributed by atoms with Crippen molar-refractivity contribution in [2.45, 2.75) is 13.0 Å². The minimum atomic E-state index is -0.977. The maximum Gasteiger partial charge on any atom is 0.491 e. The molecule has 0 radical (unpaired) electrons. The molecule has 136 valence electrons. The Kier molecular flexibility index (Phi) is 4.43. The van der Waals surface area contributed by atoms with E-state index in [1.165, 1.54) is 13.2 Å². The summed E-state index contributed by atoms with van der Waals surface area (Å²) in [4.78, 5) is 24.3. The van der Waals surface area contributed by atoms with E-state index in [4.69, 9.17) is 13.8 Å². The lowest BCUT2D eigenvalue weighted by Crippen LogP contribution is -2.28. The molecule has 4 rings (SSSR count). The van der Waals surface area contributed by atoms with Crippen molar-refractivity contribution < 1.29 is 23.6 Å². The van der Waals surface area contributed by atoms with Crippen LogP contribution < -0.4 is 21.1 Å². The highest BCUT2D eigenvalue weighted by Crippen LogP contribution is 2.23. The second-order valence-electron chi connectivity index (χ2n) is 6.25. The molecule has 0 fully saturated rings. The molecular weight excluding hydrogens is 349 g/mol. The number of methoxy groups -OCH3 is 1. The molecule has 2 heterocycles. The van der Waals surface area contributed by atoms with E-state index in [9.17, 15) is 14.6 Å². The van der Waals surface area contributed by atoms with Gasteiger partial charge in [-0.2, -0.15) is 0 Å². The molecule has 0 bridgehead atoms. The Morgan fingerprint density at radius 3 is 2.93 bits per heavy atom. The summed E-state index contributed by atoms with van der Waals surface area (Å²) in [6.07, 6.45) is 0.00453. The normalized spacial score (nSPS) is 12.9. The number of amides is 1. The lowest BCUT2D eigenvalue weighted by molar-refractivity contribution is -0.115. The van der Waals surface area contributed by atoms with Gasteiger partial charge in [0.25, 0.3) is 0 Å². The summed E-state index contributed by atoms with van der Waals surface area (Å²) < 4.78 is 15.5. The Morgan fingerprint density at radius 1 is 1.26 bits per heavy atom. The monoisotopic (exact) mass is 365 g/mol. The van der Waals surface area contributed by atoms with Gasteiger partial charge in [-0.3, -0.25) is 4.79 Å². The van der Waals surface area contributed by atoms with Crippen LogP contribution in [0.25, 0.3) is 11.0 Å². The van der Waals surface area contributed by atoms with E-state index in [1.807, 2.05) is 0 Å². The molecule has 0 aliphatic carbocycles. The molecule has 27 heavy (non-hydrogen) atoms. The molecule has 0 saturated heterocycles. The predicted molar refractivity (Wildman–Crippen MR) is 100 cm³/mol. The van der Waals surface area contributed by atoms with Crippen LogP contribution in [-0.4, -0.2) is 25.2 Å². The van der Waals surface area contributed by atoms with Gasteiger partial charge in [0.05, 0.1) is 20.1 Å². The van der Waals surface area contributed by atoms with E-state index in [0.29, 0.717) is 40.0 Å². The number of rotatable bonds is 4. The SMILES string of the molecule is COc1ccc2c(CC(=O)Nc3ccc4c(c3)B(O)OC4)cc(=O)oc2c1. The van der Waals surface area contributed by atoms with Gasteiger partial charge < -0.3 is 24.1 Å². The molecule has 0 saturated carbocycles. The molecule has 3 aromatic rings. The van der Waals surface area contributed by atoms with Crippen LogP contribution in [0.1, 0.15) is 11.1 Å². The highest BCUT2D eigenvalue weighted by molar-refractivity contribution is 6.61. The Labute approximate surface area is 154 Å². The smallest absolute Gasteiger partial charge is 0.491 e. The van der Waals surface area contributed by atoms with Gasteiger partial charge in [-0.05, 0) is 40.9 Å². The zero-order chi connectivity index (χ0) is 19.0. The number of carbonyl (C=O) groups is 1. The first-order chi connectivity index (χ1) is 13.0. The van der Waals surface area contributed by atoms with E-state index in [0.717, 1.165) is 5.56 Å². The minimum absolute atomic E-state index is 0.00453. The van der Waals surface area contributed by atoms with Crippen LogP contribution in [0.5, 0.6) is 5.75 Å². The summed E-state index contributed by atoms with van der Waals surface area (Å²) in [5.74, 6) is 0.275. The summed E-state index contributed by atoms with van der Waals surface area (Å²) in [6, 6.07) is 11.7. The van der Waals surface area contributed by atoms with Crippen molar-refractivity contribution in [1.82, 2.24) is 0 Å². The second kappa shape index (κ2) is 6.90. The number of nitrogens with one attached hydrogen (secondary N) is 1. The first-order valence-electron chi connectivity index (χ1n) is 8.36. The minimum Gasteiger partial charge on any atom is -0.497 e. The number of hydrogen-bond donors (Lipinski definition) is 2. The fourth-order valence-electron chi connectivity index (χ4n) is 3.15. The Balaban J connectivity index is 1.58. The number of ether oxygens (including phenoxy) is 1. The van der Waals surface area contributed by atoms with Crippen LogP contribution >= 0.6 is 0 Å². The van der Waals surface area contributed by atoms with Crippen molar-refractivity contribution in [3.8, 4) is 5.75 Å². The lowest BCUT2D eigenvalue weighted by atomic mass is 9.79. The van der Waals surface area contributed by atoms with Gasteiger partial charge in [-0.1, -0.05) is 6.07 Å². The number of fused-ring (bicyclic) bond motifs is 2. The Morgan fingerprint density at radius 2 is 2.11 bits per heavy atom. The average molecular weight is 365 g/mol. The maximum atomic E-state index is 12.5. The van der Waals surface area contributed by atoms with Crippen molar-refractivity contribution >= 4 is 35.1 Å². The van der Waals surface area contributed by atoms with Gasteiger partial charge in [0.2, 0.25) is 5.91 Å². The van der Waals surface area contributed by atoms with Crippen molar-refractivity contribution in [2.24, 2.45) is 0 Å². The third-order valence-electron chi connectivity index (χ3n) is 4.48. The predicted octanol–water partition coefficient (Wildman–Crippen LogP) is 1.20. The topological polar surface area (TPSA) is 98.0 Å². The zero-order valence-electron chi connectivity index (χ0n) is 14.5. The first kappa shape index (κ1) is 17.3. The number of anilines is 1. The molecule has 1 aliphatic rings. The first-order valence-corrected chi connectivity index (χ1v) is 8.36. The van der Waals surface area contributed by atoms with Crippen LogP contribution in [0.4, 0.5) is 5.69 Å². The summed E-state index contributed by atoms with van der Waals surface area (Å²) in [7, 11) is 0.546. The molecule has 0 unspecified atom stereocenters. The van der Waals surface area contributed by atoms with Crippen molar-refractivity contribution in [2.75, 3.05) is 12.4 Å². The summed E-state index contributed by atoms with van der Waals surface area (Å²) >= 11 is 0. The highest BCUT2D eigenvalue weighted by Gasteiger charge is 2.27. The fourth-order valence-corrected chi connectivity index (χ4v) is 3.15. The molecular formula is C19H16BNO6. The van der Waals surface area contributed by atoms with Crippen LogP contribution in [0.15, 0.2) is 51.7 Å². The standard InChI is InChI=1S/C19H16BNO6/c1-25-14-4-5-15-12(7-19(23)27-17(15)9-14)6-18(22)21-13-3-2-11-10-26-20(24)16(11)8-13/h2-5,7-9,24H,6,10H2,1H3,(H,21,22). The molecule has 1 aromatic heterocycles. The van der Waals surface area contributed by atoms with Crippen molar-refractivity contribution in [3.05, 3.63) is 64.0 Å². The van der Waals surface area contributed by atoms with Crippen molar-refractivity contribution in [3.63, 3.8) is 0 Å². The van der Waals surface area contributed by atoms with E-state index in [1.54, 1.807) is 36.4 Å². The van der Waals surface area contributed by atoms with Gasteiger partial charge >= 0.3 is 12.7 Å². The second-order valence-corrected chi connectivity index (χ2v) is 6.25.